The Kier molecular flexibility index (Phi) is 3.19. The van der Waals surface area contributed by atoms with Crippen LogP contribution in [0.4, 0.5) is 5.69 Å². The number of hydrogen-bond acceptors (Lipinski definition) is 3. The smallest absolute Gasteiger partial charge is 0.277 e. The number of carbonyl (C=O) groups is 1. The van der Waals surface area contributed by atoms with Gasteiger partial charge in [0.15, 0.2) is 5.78 Å². The molecule has 0 saturated heterocycles. The molecule has 5 heteroatoms. The van der Waals surface area contributed by atoms with Crippen molar-refractivity contribution in [2.45, 2.75) is 0 Å². The minimum atomic E-state index is -0.440. The summed E-state index contributed by atoms with van der Waals surface area (Å²) in [6, 6.07) is 9.73. The Morgan fingerprint density at radius 2 is 1.82 bits per heavy atom. The van der Waals surface area contributed by atoms with Crippen molar-refractivity contribution in [1.29, 1.82) is 0 Å². The Hall–Kier alpha value is -1.75. The predicted octanol–water partition coefficient (Wildman–Crippen LogP) is 3.33. The molecule has 0 aromatic heterocycles. The summed E-state index contributed by atoms with van der Waals surface area (Å²) < 4.78 is 0. The number of Topliss-reactive ketones (excluding diaryl/α,β-unsaturated/α-hetero) is 1. The van der Waals surface area contributed by atoms with Crippen LogP contribution in [-0.2, 0) is 0 Å². The number of ketones is 1. The molecule has 0 unspecified atom stereocenters. The van der Waals surface area contributed by atoms with Gasteiger partial charge < -0.3 is 0 Å². The second-order valence-electron chi connectivity index (χ2n) is 3.49. The van der Waals surface area contributed by atoms with Crippen molar-refractivity contribution in [3.05, 3.63) is 52.1 Å². The van der Waals surface area contributed by atoms with Gasteiger partial charge in [-0.05, 0) is 17.5 Å². The molecule has 2 aromatic carbocycles. The zero-order valence-corrected chi connectivity index (χ0v) is 10.3. The van der Waals surface area contributed by atoms with E-state index in [1.807, 2.05) is 0 Å². The molecule has 0 radical (unpaired) electrons. The van der Waals surface area contributed by atoms with Crippen LogP contribution in [0.25, 0.3) is 10.8 Å². The van der Waals surface area contributed by atoms with Gasteiger partial charge >= 0.3 is 0 Å². The standard InChI is InChI=1S/C12H8BrNO3/c13-7-12(15)10-5-6-11(14(16)17)9-4-2-1-3-8(9)10/h1-6H,7H2. The molecule has 0 bridgehead atoms. The van der Waals surface area contributed by atoms with E-state index >= 15 is 0 Å². The van der Waals surface area contributed by atoms with Gasteiger partial charge in [-0.2, -0.15) is 0 Å². The van der Waals surface area contributed by atoms with Gasteiger partial charge in [0.1, 0.15) is 0 Å². The van der Waals surface area contributed by atoms with Crippen molar-refractivity contribution in [1.82, 2.24) is 0 Å². The summed E-state index contributed by atoms with van der Waals surface area (Å²) in [7, 11) is 0. The van der Waals surface area contributed by atoms with Crippen molar-refractivity contribution in [3.63, 3.8) is 0 Å². The minimum Gasteiger partial charge on any atom is -0.293 e. The number of nitro groups is 1. The Morgan fingerprint density at radius 3 is 2.41 bits per heavy atom. The first kappa shape index (κ1) is 11.7. The molecular formula is C12H8BrNO3. The van der Waals surface area contributed by atoms with E-state index < -0.39 is 4.92 Å². The molecule has 2 aromatic rings. The van der Waals surface area contributed by atoms with Gasteiger partial charge in [0, 0.05) is 11.6 Å². The molecule has 0 N–H and O–H groups in total. The molecule has 0 aliphatic rings. The highest BCUT2D eigenvalue weighted by Crippen LogP contribution is 2.28. The van der Waals surface area contributed by atoms with E-state index in [9.17, 15) is 14.9 Å². The number of non-ortho nitro benzene ring substituents is 1. The fourth-order valence-electron chi connectivity index (χ4n) is 1.76. The van der Waals surface area contributed by atoms with Gasteiger partial charge in [0.05, 0.1) is 15.6 Å². The van der Waals surface area contributed by atoms with Crippen molar-refractivity contribution in [2.24, 2.45) is 0 Å². The number of nitro benzene ring substituents is 1. The van der Waals surface area contributed by atoms with Crippen molar-refractivity contribution in [3.8, 4) is 0 Å². The molecule has 0 heterocycles. The molecular weight excluding hydrogens is 286 g/mol. The number of hydrogen-bond donors (Lipinski definition) is 0. The fourth-order valence-corrected chi connectivity index (χ4v) is 2.06. The van der Waals surface area contributed by atoms with Crippen molar-refractivity contribution < 1.29 is 9.72 Å². The third-order valence-electron chi connectivity index (χ3n) is 2.52. The Morgan fingerprint density at radius 1 is 1.18 bits per heavy atom. The first-order valence-corrected chi connectivity index (χ1v) is 6.02. The number of carbonyl (C=O) groups excluding carboxylic acids is 1. The molecule has 0 atom stereocenters. The molecule has 0 spiro atoms. The zero-order chi connectivity index (χ0) is 12.4. The van der Waals surface area contributed by atoms with Gasteiger partial charge in [-0.3, -0.25) is 14.9 Å². The fraction of sp³-hybridized carbons (Fsp3) is 0.0833. The number of alkyl halides is 1. The van der Waals surface area contributed by atoms with Gasteiger partial charge in [-0.25, -0.2) is 0 Å². The topological polar surface area (TPSA) is 60.2 Å². The maximum Gasteiger partial charge on any atom is 0.277 e. The maximum absolute atomic E-state index is 11.7. The van der Waals surface area contributed by atoms with E-state index in [-0.39, 0.29) is 16.8 Å². The summed E-state index contributed by atoms with van der Waals surface area (Å²) in [6.45, 7) is 0. The van der Waals surface area contributed by atoms with Crippen LogP contribution in [-0.4, -0.2) is 16.0 Å². The summed E-state index contributed by atoms with van der Waals surface area (Å²) in [5, 5.41) is 12.2. The number of benzene rings is 2. The zero-order valence-electron chi connectivity index (χ0n) is 8.72. The van der Waals surface area contributed by atoms with E-state index in [1.54, 1.807) is 24.3 Å². The van der Waals surface area contributed by atoms with E-state index in [4.69, 9.17) is 0 Å². The normalized spacial score (nSPS) is 10.4. The average molecular weight is 294 g/mol. The first-order chi connectivity index (χ1) is 8.15. The van der Waals surface area contributed by atoms with Crippen LogP contribution in [0.5, 0.6) is 0 Å². The third kappa shape index (κ3) is 2.06. The lowest BCUT2D eigenvalue weighted by Crippen LogP contribution is -2.02. The molecule has 0 fully saturated rings. The second kappa shape index (κ2) is 4.63. The third-order valence-corrected chi connectivity index (χ3v) is 3.03. The summed E-state index contributed by atoms with van der Waals surface area (Å²) in [5.41, 5.74) is 0.523. The van der Waals surface area contributed by atoms with Crippen LogP contribution in [0.1, 0.15) is 10.4 Å². The highest BCUT2D eigenvalue weighted by atomic mass is 79.9. The molecule has 86 valence electrons. The summed E-state index contributed by atoms with van der Waals surface area (Å²) >= 11 is 3.10. The van der Waals surface area contributed by atoms with Crippen LogP contribution in [0, 0.1) is 10.1 Å². The average Bonchev–Trinajstić information content (AvgIpc) is 2.36. The lowest BCUT2D eigenvalue weighted by molar-refractivity contribution is -0.383. The Labute approximate surface area is 106 Å². The predicted molar refractivity (Wildman–Crippen MR) is 68.7 cm³/mol. The molecule has 17 heavy (non-hydrogen) atoms. The first-order valence-electron chi connectivity index (χ1n) is 4.90. The van der Waals surface area contributed by atoms with Gasteiger partial charge in [0.25, 0.3) is 5.69 Å². The van der Waals surface area contributed by atoms with Crippen LogP contribution < -0.4 is 0 Å². The second-order valence-corrected chi connectivity index (χ2v) is 4.05. The molecule has 0 amide bonds. The van der Waals surface area contributed by atoms with E-state index in [0.29, 0.717) is 16.3 Å². The van der Waals surface area contributed by atoms with Gasteiger partial charge in [-0.15, -0.1) is 0 Å². The number of halogens is 1. The van der Waals surface area contributed by atoms with Crippen LogP contribution in [0.3, 0.4) is 0 Å². The molecule has 2 rings (SSSR count). The highest BCUT2D eigenvalue weighted by Gasteiger charge is 2.16. The highest BCUT2D eigenvalue weighted by molar-refractivity contribution is 9.09. The minimum absolute atomic E-state index is 0.0201. The van der Waals surface area contributed by atoms with Crippen LogP contribution >= 0.6 is 15.9 Å². The van der Waals surface area contributed by atoms with E-state index in [1.165, 1.54) is 12.1 Å². The summed E-state index contributed by atoms with van der Waals surface area (Å²) in [4.78, 5) is 22.1. The Balaban J connectivity index is 2.79. The van der Waals surface area contributed by atoms with E-state index in [2.05, 4.69) is 15.9 Å². The van der Waals surface area contributed by atoms with Crippen LogP contribution in [0.2, 0.25) is 0 Å². The largest absolute Gasteiger partial charge is 0.293 e. The van der Waals surface area contributed by atoms with Gasteiger partial charge in [0.2, 0.25) is 0 Å². The SMILES string of the molecule is O=C(CBr)c1ccc([N+](=O)[O-])c2ccccc12. The number of rotatable bonds is 3. The Bertz CT molecular complexity index is 610. The quantitative estimate of drug-likeness (QED) is 0.377. The van der Waals surface area contributed by atoms with Crippen LogP contribution in [0.15, 0.2) is 36.4 Å². The molecule has 0 aliphatic carbocycles. The molecule has 0 aliphatic heterocycles. The van der Waals surface area contributed by atoms with Crippen molar-refractivity contribution >= 4 is 38.2 Å². The lowest BCUT2D eigenvalue weighted by Gasteiger charge is -2.04. The van der Waals surface area contributed by atoms with Crippen molar-refractivity contribution in [2.75, 3.05) is 5.33 Å². The summed E-state index contributed by atoms with van der Waals surface area (Å²) in [5.74, 6) is -0.0869. The van der Waals surface area contributed by atoms with E-state index in [0.717, 1.165) is 0 Å². The lowest BCUT2D eigenvalue weighted by atomic mass is 10.0. The summed E-state index contributed by atoms with van der Waals surface area (Å²) in [6.07, 6.45) is 0. The molecule has 0 saturated carbocycles. The molecule has 4 nitrogen and oxygen atoms in total. The maximum atomic E-state index is 11.7. The number of nitrogens with zero attached hydrogens (tertiary/aromatic N) is 1. The van der Waals surface area contributed by atoms with Gasteiger partial charge in [-0.1, -0.05) is 34.1 Å². The number of fused-ring (bicyclic) bond motifs is 1. The monoisotopic (exact) mass is 293 g/mol.